The standard InChI is InChI=1S/C11H20N4O3/c1-3-15(6-8(12)16)10(17)11(9(13)14-18)4-7(2)5-11/h7,18H,3-6H2,1-2H3,(H2,12,16)(H2,13,14). The van der Waals surface area contributed by atoms with Crippen LogP contribution in [0.25, 0.3) is 0 Å². The Hall–Kier alpha value is -1.79. The molecule has 7 nitrogen and oxygen atoms in total. The van der Waals surface area contributed by atoms with Gasteiger partial charge in [0.1, 0.15) is 5.41 Å². The van der Waals surface area contributed by atoms with Crippen LogP contribution in [0.2, 0.25) is 0 Å². The second-order valence-electron chi connectivity index (χ2n) is 4.87. The molecule has 0 unspecified atom stereocenters. The van der Waals surface area contributed by atoms with Gasteiger partial charge in [0.25, 0.3) is 0 Å². The molecule has 1 rings (SSSR count). The van der Waals surface area contributed by atoms with E-state index in [1.54, 1.807) is 6.92 Å². The first-order chi connectivity index (χ1) is 8.37. The van der Waals surface area contributed by atoms with Crippen LogP contribution in [0.4, 0.5) is 0 Å². The minimum Gasteiger partial charge on any atom is -0.409 e. The normalized spacial score (nSPS) is 27.4. The van der Waals surface area contributed by atoms with Gasteiger partial charge < -0.3 is 21.6 Å². The van der Waals surface area contributed by atoms with Gasteiger partial charge in [-0.2, -0.15) is 0 Å². The van der Waals surface area contributed by atoms with Crippen molar-refractivity contribution >= 4 is 17.6 Å². The summed E-state index contributed by atoms with van der Waals surface area (Å²) >= 11 is 0. The van der Waals surface area contributed by atoms with E-state index in [1.165, 1.54) is 4.90 Å². The molecule has 0 aromatic carbocycles. The summed E-state index contributed by atoms with van der Waals surface area (Å²) in [5.74, 6) is -0.625. The third kappa shape index (κ3) is 2.39. The summed E-state index contributed by atoms with van der Waals surface area (Å²) in [6, 6.07) is 0. The molecule has 0 radical (unpaired) electrons. The number of amidine groups is 1. The van der Waals surface area contributed by atoms with E-state index in [4.69, 9.17) is 16.7 Å². The molecular weight excluding hydrogens is 236 g/mol. The maximum atomic E-state index is 12.4. The number of hydrogen-bond acceptors (Lipinski definition) is 4. The Bertz CT molecular complexity index is 374. The van der Waals surface area contributed by atoms with Gasteiger partial charge in [-0.25, -0.2) is 0 Å². The van der Waals surface area contributed by atoms with E-state index in [9.17, 15) is 9.59 Å². The molecule has 18 heavy (non-hydrogen) atoms. The fourth-order valence-corrected chi connectivity index (χ4v) is 2.54. The van der Waals surface area contributed by atoms with Gasteiger partial charge in [-0.05, 0) is 25.7 Å². The monoisotopic (exact) mass is 256 g/mol. The van der Waals surface area contributed by atoms with Gasteiger partial charge in [-0.1, -0.05) is 12.1 Å². The van der Waals surface area contributed by atoms with Gasteiger partial charge >= 0.3 is 0 Å². The van der Waals surface area contributed by atoms with Gasteiger partial charge in [0.2, 0.25) is 11.8 Å². The first-order valence-electron chi connectivity index (χ1n) is 5.93. The fraction of sp³-hybridized carbons (Fsp3) is 0.727. The summed E-state index contributed by atoms with van der Waals surface area (Å²) in [6.45, 7) is 3.95. The predicted octanol–water partition coefficient (Wildman–Crippen LogP) is -0.517. The van der Waals surface area contributed by atoms with E-state index in [1.807, 2.05) is 6.92 Å². The fourth-order valence-electron chi connectivity index (χ4n) is 2.54. The molecule has 2 amide bonds. The van der Waals surface area contributed by atoms with Gasteiger partial charge in [0, 0.05) is 6.54 Å². The smallest absolute Gasteiger partial charge is 0.237 e. The van der Waals surface area contributed by atoms with Crippen molar-refractivity contribution < 1.29 is 14.8 Å². The van der Waals surface area contributed by atoms with E-state index in [2.05, 4.69) is 5.16 Å². The topological polar surface area (TPSA) is 122 Å². The number of amides is 2. The molecule has 1 saturated carbocycles. The Balaban J connectivity index is 2.93. The predicted molar refractivity (Wildman–Crippen MR) is 65.7 cm³/mol. The molecule has 0 spiro atoms. The maximum Gasteiger partial charge on any atom is 0.237 e. The van der Waals surface area contributed by atoms with Crippen molar-refractivity contribution in [3.63, 3.8) is 0 Å². The van der Waals surface area contributed by atoms with Crippen LogP contribution in [0.1, 0.15) is 26.7 Å². The summed E-state index contributed by atoms with van der Waals surface area (Å²) in [7, 11) is 0. The van der Waals surface area contributed by atoms with E-state index in [0.29, 0.717) is 25.3 Å². The third-order valence-electron chi connectivity index (χ3n) is 3.42. The Labute approximate surface area is 106 Å². The average molecular weight is 256 g/mol. The maximum absolute atomic E-state index is 12.4. The summed E-state index contributed by atoms with van der Waals surface area (Å²) in [5, 5.41) is 11.8. The van der Waals surface area contributed by atoms with Crippen LogP contribution in [0.5, 0.6) is 0 Å². The molecule has 1 fully saturated rings. The first kappa shape index (κ1) is 14.3. The van der Waals surface area contributed by atoms with Crippen molar-refractivity contribution in [2.24, 2.45) is 28.0 Å². The van der Waals surface area contributed by atoms with E-state index in [0.717, 1.165) is 0 Å². The number of nitrogens with two attached hydrogens (primary N) is 2. The SMILES string of the molecule is CCN(CC(N)=O)C(=O)C1(C(N)=NO)CC(C)C1. The third-order valence-corrected chi connectivity index (χ3v) is 3.42. The lowest BCUT2D eigenvalue weighted by Gasteiger charge is -2.45. The zero-order valence-corrected chi connectivity index (χ0v) is 10.7. The second kappa shape index (κ2) is 5.24. The number of hydrogen-bond donors (Lipinski definition) is 3. The molecule has 0 saturated heterocycles. The first-order valence-corrected chi connectivity index (χ1v) is 5.93. The minimum atomic E-state index is -0.973. The molecule has 1 aliphatic carbocycles. The van der Waals surface area contributed by atoms with Crippen LogP contribution >= 0.6 is 0 Å². The summed E-state index contributed by atoms with van der Waals surface area (Å²) in [5.41, 5.74) is 9.77. The van der Waals surface area contributed by atoms with Crippen molar-refractivity contribution in [3.05, 3.63) is 0 Å². The highest BCUT2D eigenvalue weighted by Crippen LogP contribution is 2.47. The van der Waals surface area contributed by atoms with Crippen LogP contribution in [0, 0.1) is 11.3 Å². The molecule has 0 bridgehead atoms. The average Bonchev–Trinajstić information content (AvgIpc) is 2.29. The molecule has 0 atom stereocenters. The van der Waals surface area contributed by atoms with Crippen molar-refractivity contribution in [1.82, 2.24) is 4.90 Å². The lowest BCUT2D eigenvalue weighted by molar-refractivity contribution is -0.146. The quantitative estimate of drug-likeness (QED) is 0.265. The van der Waals surface area contributed by atoms with E-state index in [-0.39, 0.29) is 18.3 Å². The molecule has 0 heterocycles. The van der Waals surface area contributed by atoms with Crippen LogP contribution < -0.4 is 11.5 Å². The Morgan fingerprint density at radius 3 is 2.33 bits per heavy atom. The number of primary amides is 1. The highest BCUT2D eigenvalue weighted by molar-refractivity contribution is 6.08. The zero-order valence-electron chi connectivity index (χ0n) is 10.7. The van der Waals surface area contributed by atoms with E-state index >= 15 is 0 Å². The second-order valence-corrected chi connectivity index (χ2v) is 4.87. The summed E-state index contributed by atoms with van der Waals surface area (Å²) in [6.07, 6.45) is 1.05. The van der Waals surface area contributed by atoms with Gasteiger partial charge in [0.05, 0.1) is 6.54 Å². The molecular formula is C11H20N4O3. The van der Waals surface area contributed by atoms with Gasteiger partial charge in [-0.15, -0.1) is 0 Å². The van der Waals surface area contributed by atoms with E-state index < -0.39 is 11.3 Å². The van der Waals surface area contributed by atoms with Crippen LogP contribution in [0.15, 0.2) is 5.16 Å². The molecule has 0 aromatic rings. The Morgan fingerprint density at radius 1 is 1.44 bits per heavy atom. The number of rotatable bonds is 5. The van der Waals surface area contributed by atoms with Gasteiger partial charge in [0.15, 0.2) is 5.84 Å². The van der Waals surface area contributed by atoms with Crippen LogP contribution in [-0.4, -0.2) is 40.8 Å². The zero-order chi connectivity index (χ0) is 13.9. The lowest BCUT2D eigenvalue weighted by atomic mass is 9.61. The summed E-state index contributed by atoms with van der Waals surface area (Å²) in [4.78, 5) is 24.7. The number of oxime groups is 1. The molecule has 7 heteroatoms. The summed E-state index contributed by atoms with van der Waals surface area (Å²) < 4.78 is 0. The highest BCUT2D eigenvalue weighted by atomic mass is 16.4. The number of nitrogens with zero attached hydrogens (tertiary/aromatic N) is 2. The number of carbonyl (C=O) groups is 2. The Morgan fingerprint density at radius 2 is 2.00 bits per heavy atom. The van der Waals surface area contributed by atoms with Crippen molar-refractivity contribution in [2.45, 2.75) is 26.7 Å². The van der Waals surface area contributed by atoms with Crippen molar-refractivity contribution in [3.8, 4) is 0 Å². The lowest BCUT2D eigenvalue weighted by Crippen LogP contribution is -2.58. The molecule has 0 aliphatic heterocycles. The molecule has 5 N–H and O–H groups in total. The van der Waals surface area contributed by atoms with Gasteiger partial charge in [-0.3, -0.25) is 9.59 Å². The number of likely N-dealkylation sites (N-methyl/N-ethyl adjacent to an activating group) is 1. The highest BCUT2D eigenvalue weighted by Gasteiger charge is 2.53. The largest absolute Gasteiger partial charge is 0.409 e. The van der Waals surface area contributed by atoms with Crippen LogP contribution in [-0.2, 0) is 9.59 Å². The molecule has 0 aromatic heterocycles. The molecule has 1 aliphatic rings. The van der Waals surface area contributed by atoms with Crippen LogP contribution in [0.3, 0.4) is 0 Å². The van der Waals surface area contributed by atoms with Crippen molar-refractivity contribution in [1.29, 1.82) is 0 Å². The van der Waals surface area contributed by atoms with Crippen molar-refractivity contribution in [2.75, 3.05) is 13.1 Å². The Kier molecular flexibility index (Phi) is 4.15. The number of carbonyl (C=O) groups excluding carboxylic acids is 2. The minimum absolute atomic E-state index is 0.0893. The molecule has 102 valence electrons.